The predicted molar refractivity (Wildman–Crippen MR) is 80.9 cm³/mol. The van der Waals surface area contributed by atoms with Gasteiger partial charge in [0.05, 0.1) is 6.61 Å². The third kappa shape index (κ3) is 7.73. The van der Waals surface area contributed by atoms with Crippen LogP contribution in [0.4, 0.5) is 5.69 Å². The van der Waals surface area contributed by atoms with Crippen molar-refractivity contribution in [3.05, 3.63) is 24.3 Å². The van der Waals surface area contributed by atoms with Crippen molar-refractivity contribution in [2.45, 2.75) is 45.4 Å². The highest BCUT2D eigenvalue weighted by Gasteiger charge is 1.95. The van der Waals surface area contributed by atoms with Gasteiger partial charge in [-0.1, -0.05) is 19.8 Å². The average Bonchev–Trinajstić information content (AvgIpc) is 2.45. The Hall–Kier alpha value is -1.22. The van der Waals surface area contributed by atoms with E-state index in [1.165, 1.54) is 12.8 Å². The fourth-order valence-electron chi connectivity index (χ4n) is 1.86. The fourth-order valence-corrected chi connectivity index (χ4v) is 1.86. The van der Waals surface area contributed by atoms with E-state index in [-0.39, 0.29) is 0 Å². The second-order valence-electron chi connectivity index (χ2n) is 4.79. The number of aliphatic hydroxyl groups excluding tert-OH is 1. The van der Waals surface area contributed by atoms with Crippen LogP contribution in [-0.4, -0.2) is 24.9 Å². The SMILES string of the molecule is CCCCCOc1ccc(NCCCCCO)cc1. The maximum Gasteiger partial charge on any atom is 0.119 e. The number of ether oxygens (including phenoxy) is 1. The van der Waals surface area contributed by atoms with Crippen molar-refractivity contribution in [3.8, 4) is 5.75 Å². The first-order chi connectivity index (χ1) is 9.36. The van der Waals surface area contributed by atoms with Gasteiger partial charge in [0.25, 0.3) is 0 Å². The number of unbranched alkanes of at least 4 members (excludes halogenated alkanes) is 4. The van der Waals surface area contributed by atoms with Crippen molar-refractivity contribution in [2.75, 3.05) is 25.1 Å². The van der Waals surface area contributed by atoms with Gasteiger partial charge in [-0.2, -0.15) is 0 Å². The standard InChI is InChI=1S/C16H27NO2/c1-2-3-7-14-19-16-10-8-15(9-11-16)17-12-5-4-6-13-18/h8-11,17-18H,2-7,12-14H2,1H3. The van der Waals surface area contributed by atoms with Crippen molar-refractivity contribution in [3.63, 3.8) is 0 Å². The van der Waals surface area contributed by atoms with Crippen molar-refractivity contribution in [1.29, 1.82) is 0 Å². The molecule has 0 amide bonds. The van der Waals surface area contributed by atoms with Crippen LogP contribution in [0.3, 0.4) is 0 Å². The summed E-state index contributed by atoms with van der Waals surface area (Å²) >= 11 is 0. The van der Waals surface area contributed by atoms with Crippen molar-refractivity contribution in [2.24, 2.45) is 0 Å². The zero-order valence-electron chi connectivity index (χ0n) is 12.0. The lowest BCUT2D eigenvalue weighted by molar-refractivity contribution is 0.283. The predicted octanol–water partition coefficient (Wildman–Crippen LogP) is 3.83. The minimum atomic E-state index is 0.296. The molecule has 0 heterocycles. The number of hydrogen-bond acceptors (Lipinski definition) is 3. The molecule has 0 aliphatic rings. The first-order valence-corrected chi connectivity index (χ1v) is 7.44. The van der Waals surface area contributed by atoms with Gasteiger partial charge in [-0.05, 0) is 49.9 Å². The first-order valence-electron chi connectivity index (χ1n) is 7.44. The molecule has 2 N–H and O–H groups in total. The van der Waals surface area contributed by atoms with E-state index in [1.54, 1.807) is 0 Å². The lowest BCUT2D eigenvalue weighted by atomic mass is 10.2. The second kappa shape index (κ2) is 10.7. The largest absolute Gasteiger partial charge is 0.494 e. The van der Waals surface area contributed by atoms with E-state index < -0.39 is 0 Å². The van der Waals surface area contributed by atoms with Gasteiger partial charge in [0.15, 0.2) is 0 Å². The summed E-state index contributed by atoms with van der Waals surface area (Å²) in [4.78, 5) is 0. The first kappa shape index (κ1) is 15.8. The van der Waals surface area contributed by atoms with Gasteiger partial charge in [0.2, 0.25) is 0 Å². The van der Waals surface area contributed by atoms with Gasteiger partial charge in [0, 0.05) is 18.8 Å². The van der Waals surface area contributed by atoms with Gasteiger partial charge in [0.1, 0.15) is 5.75 Å². The van der Waals surface area contributed by atoms with Crippen LogP contribution in [0.2, 0.25) is 0 Å². The van der Waals surface area contributed by atoms with E-state index in [1.807, 2.05) is 12.1 Å². The lowest BCUT2D eigenvalue weighted by Gasteiger charge is -2.08. The number of nitrogens with one attached hydrogen (secondary N) is 1. The number of anilines is 1. The topological polar surface area (TPSA) is 41.5 Å². The maximum absolute atomic E-state index is 8.68. The van der Waals surface area contributed by atoms with Crippen LogP contribution in [0, 0.1) is 0 Å². The highest BCUT2D eigenvalue weighted by molar-refractivity contribution is 5.46. The lowest BCUT2D eigenvalue weighted by Crippen LogP contribution is -2.02. The van der Waals surface area contributed by atoms with Gasteiger partial charge in [-0.25, -0.2) is 0 Å². The van der Waals surface area contributed by atoms with Gasteiger partial charge < -0.3 is 15.2 Å². The number of benzene rings is 1. The van der Waals surface area contributed by atoms with E-state index in [9.17, 15) is 0 Å². The van der Waals surface area contributed by atoms with E-state index in [4.69, 9.17) is 9.84 Å². The molecule has 0 aromatic heterocycles. The summed E-state index contributed by atoms with van der Waals surface area (Å²) in [6.45, 7) is 4.25. The summed E-state index contributed by atoms with van der Waals surface area (Å²) in [6, 6.07) is 8.15. The number of rotatable bonds is 11. The molecule has 0 fully saturated rings. The van der Waals surface area contributed by atoms with Gasteiger partial charge >= 0.3 is 0 Å². The summed E-state index contributed by atoms with van der Waals surface area (Å²) in [5, 5.41) is 12.1. The molecule has 0 spiro atoms. The zero-order valence-corrected chi connectivity index (χ0v) is 12.0. The maximum atomic E-state index is 8.68. The van der Waals surface area contributed by atoms with Crippen molar-refractivity contribution >= 4 is 5.69 Å². The van der Waals surface area contributed by atoms with E-state index in [0.29, 0.717) is 6.61 Å². The Morgan fingerprint density at radius 2 is 1.79 bits per heavy atom. The summed E-state index contributed by atoms with van der Waals surface area (Å²) in [5.74, 6) is 0.946. The summed E-state index contributed by atoms with van der Waals surface area (Å²) in [5.41, 5.74) is 1.13. The van der Waals surface area contributed by atoms with Crippen LogP contribution in [0.25, 0.3) is 0 Å². The minimum absolute atomic E-state index is 0.296. The van der Waals surface area contributed by atoms with Crippen LogP contribution in [0.1, 0.15) is 45.4 Å². The fraction of sp³-hybridized carbons (Fsp3) is 0.625. The Balaban J connectivity index is 2.16. The Morgan fingerprint density at radius 3 is 2.47 bits per heavy atom. The van der Waals surface area contributed by atoms with Gasteiger partial charge in [-0.3, -0.25) is 0 Å². The van der Waals surface area contributed by atoms with Crippen molar-refractivity contribution in [1.82, 2.24) is 0 Å². The summed E-state index contributed by atoms with van der Waals surface area (Å²) < 4.78 is 5.67. The van der Waals surface area contributed by atoms with E-state index >= 15 is 0 Å². The molecule has 3 heteroatoms. The highest BCUT2D eigenvalue weighted by Crippen LogP contribution is 2.16. The highest BCUT2D eigenvalue weighted by atomic mass is 16.5. The molecule has 0 aliphatic heterocycles. The molecule has 0 bridgehead atoms. The third-order valence-corrected chi connectivity index (χ3v) is 3.03. The molecule has 19 heavy (non-hydrogen) atoms. The number of hydrogen-bond donors (Lipinski definition) is 2. The van der Waals surface area contributed by atoms with Crippen LogP contribution in [-0.2, 0) is 0 Å². The molecule has 1 aromatic rings. The van der Waals surface area contributed by atoms with Crippen LogP contribution < -0.4 is 10.1 Å². The second-order valence-corrected chi connectivity index (χ2v) is 4.79. The molecule has 1 rings (SSSR count). The Bertz CT molecular complexity index is 311. The summed E-state index contributed by atoms with van der Waals surface area (Å²) in [7, 11) is 0. The molecule has 0 saturated carbocycles. The molecule has 0 radical (unpaired) electrons. The smallest absolute Gasteiger partial charge is 0.119 e. The monoisotopic (exact) mass is 265 g/mol. The molecule has 0 saturated heterocycles. The van der Waals surface area contributed by atoms with Crippen molar-refractivity contribution < 1.29 is 9.84 Å². The normalized spacial score (nSPS) is 10.4. The molecule has 0 atom stereocenters. The Labute approximate surface area is 117 Å². The molecule has 0 unspecified atom stereocenters. The quantitative estimate of drug-likeness (QED) is 0.597. The number of aliphatic hydroxyl groups is 1. The van der Waals surface area contributed by atoms with Crippen LogP contribution in [0.5, 0.6) is 5.75 Å². The zero-order chi connectivity index (χ0) is 13.8. The average molecular weight is 265 g/mol. The van der Waals surface area contributed by atoms with E-state index in [0.717, 1.165) is 50.3 Å². The third-order valence-electron chi connectivity index (χ3n) is 3.03. The molecular formula is C16H27NO2. The molecule has 3 nitrogen and oxygen atoms in total. The van der Waals surface area contributed by atoms with E-state index in [2.05, 4.69) is 24.4 Å². The van der Waals surface area contributed by atoms with Gasteiger partial charge in [-0.15, -0.1) is 0 Å². The molecule has 0 aliphatic carbocycles. The molecular weight excluding hydrogens is 238 g/mol. The van der Waals surface area contributed by atoms with Crippen LogP contribution in [0.15, 0.2) is 24.3 Å². The Morgan fingerprint density at radius 1 is 1.00 bits per heavy atom. The summed E-state index contributed by atoms with van der Waals surface area (Å²) in [6.07, 6.45) is 6.64. The Kier molecular flexibility index (Phi) is 8.90. The molecule has 1 aromatic carbocycles. The minimum Gasteiger partial charge on any atom is -0.494 e. The van der Waals surface area contributed by atoms with Crippen LogP contribution >= 0.6 is 0 Å². The molecule has 108 valence electrons.